The average Bonchev–Trinajstić information content (AvgIpc) is 3.35. The number of carbonyl (C=O) groups excluding carboxylic acids is 1. The minimum Gasteiger partial charge on any atom is -0.352 e. The van der Waals surface area contributed by atoms with Crippen LogP contribution in [-0.4, -0.2) is 31.6 Å². The van der Waals surface area contributed by atoms with Gasteiger partial charge < -0.3 is 9.84 Å². The Labute approximate surface area is 180 Å². The quantitative estimate of drug-likeness (QED) is 0.491. The smallest absolute Gasteiger partial charge is 0.268 e. The van der Waals surface area contributed by atoms with Gasteiger partial charge in [0.05, 0.1) is 16.6 Å². The number of halogens is 1. The second kappa shape index (κ2) is 8.38. The minimum atomic E-state index is -0.354. The molecule has 0 fully saturated rings. The Balaban J connectivity index is 1.67. The number of nitrogens with one attached hydrogen (secondary N) is 1. The van der Waals surface area contributed by atoms with Gasteiger partial charge in [-0.2, -0.15) is 4.98 Å². The van der Waals surface area contributed by atoms with Crippen molar-refractivity contribution in [3.8, 4) is 22.2 Å². The summed E-state index contributed by atoms with van der Waals surface area (Å²) in [6.45, 7) is 5.55. The number of aromatic nitrogens is 4. The van der Waals surface area contributed by atoms with E-state index in [1.807, 2.05) is 13.8 Å². The summed E-state index contributed by atoms with van der Waals surface area (Å²) in [5, 5.41) is 7.22. The lowest BCUT2D eigenvalue weighted by Crippen LogP contribution is -2.37. The number of rotatable bonds is 6. The van der Waals surface area contributed by atoms with Crippen molar-refractivity contribution in [3.05, 3.63) is 52.3 Å². The number of aryl methyl sites for hydroxylation is 1. The Hall–Kier alpha value is -3.40. The summed E-state index contributed by atoms with van der Waals surface area (Å²) >= 11 is 1.26. The Bertz CT molecular complexity index is 1310. The van der Waals surface area contributed by atoms with Gasteiger partial charge in [-0.05, 0) is 50.1 Å². The van der Waals surface area contributed by atoms with Gasteiger partial charge in [-0.15, -0.1) is 11.3 Å². The molecule has 1 N–H and O–H groups in total. The van der Waals surface area contributed by atoms with E-state index >= 15 is 0 Å². The van der Waals surface area contributed by atoms with Crippen molar-refractivity contribution in [1.82, 2.24) is 25.0 Å². The Morgan fingerprint density at radius 2 is 2.06 bits per heavy atom. The largest absolute Gasteiger partial charge is 0.352 e. The Morgan fingerprint density at radius 1 is 1.32 bits per heavy atom. The molecule has 4 aromatic rings. The van der Waals surface area contributed by atoms with Crippen LogP contribution in [0.4, 0.5) is 4.39 Å². The SMILES string of the molecule is CC[C@@H](C)NC(=O)Cn1cnc2sc(-c3nc(-c4ccc(F)cc4)no3)c(C)c2c1=O. The van der Waals surface area contributed by atoms with Gasteiger partial charge in [0.1, 0.15) is 17.2 Å². The number of hydrogen-bond donors (Lipinski definition) is 1. The third kappa shape index (κ3) is 4.11. The molecule has 1 aromatic carbocycles. The van der Waals surface area contributed by atoms with Crippen molar-refractivity contribution in [2.45, 2.75) is 39.8 Å². The van der Waals surface area contributed by atoms with Crippen LogP contribution in [0, 0.1) is 12.7 Å². The maximum Gasteiger partial charge on any atom is 0.268 e. The zero-order valence-corrected chi connectivity index (χ0v) is 18.0. The molecular formula is C21H20FN5O3S. The molecule has 0 radical (unpaired) electrons. The number of nitrogens with zero attached hydrogens (tertiary/aromatic N) is 4. The fourth-order valence-electron chi connectivity index (χ4n) is 3.08. The van der Waals surface area contributed by atoms with Crippen LogP contribution in [0.25, 0.3) is 32.4 Å². The molecule has 0 aliphatic heterocycles. The van der Waals surface area contributed by atoms with E-state index in [1.54, 1.807) is 19.1 Å². The van der Waals surface area contributed by atoms with Gasteiger partial charge in [0.2, 0.25) is 11.7 Å². The molecule has 8 nitrogen and oxygen atoms in total. The number of amides is 1. The van der Waals surface area contributed by atoms with Crippen LogP contribution < -0.4 is 10.9 Å². The number of thiophene rings is 1. The molecule has 0 unspecified atom stereocenters. The molecule has 10 heteroatoms. The van der Waals surface area contributed by atoms with E-state index in [9.17, 15) is 14.0 Å². The number of hydrogen-bond acceptors (Lipinski definition) is 7. The van der Waals surface area contributed by atoms with Crippen LogP contribution in [0.15, 0.2) is 39.9 Å². The Kier molecular flexibility index (Phi) is 5.64. The summed E-state index contributed by atoms with van der Waals surface area (Å²) in [5.74, 6) is -0.0289. The summed E-state index contributed by atoms with van der Waals surface area (Å²) in [6.07, 6.45) is 2.17. The molecule has 31 heavy (non-hydrogen) atoms. The van der Waals surface area contributed by atoms with E-state index < -0.39 is 0 Å². The number of benzene rings is 1. The summed E-state index contributed by atoms with van der Waals surface area (Å²) < 4.78 is 19.8. The van der Waals surface area contributed by atoms with Crippen molar-refractivity contribution in [1.29, 1.82) is 0 Å². The molecule has 1 amide bonds. The van der Waals surface area contributed by atoms with Crippen LogP contribution in [0.2, 0.25) is 0 Å². The third-order valence-electron chi connectivity index (χ3n) is 4.97. The van der Waals surface area contributed by atoms with Crippen molar-refractivity contribution < 1.29 is 13.7 Å². The van der Waals surface area contributed by atoms with Crippen LogP contribution in [0.5, 0.6) is 0 Å². The van der Waals surface area contributed by atoms with Crippen molar-refractivity contribution in [2.24, 2.45) is 0 Å². The summed E-state index contributed by atoms with van der Waals surface area (Å²) in [6, 6.07) is 5.79. The highest BCUT2D eigenvalue weighted by molar-refractivity contribution is 7.22. The zero-order valence-electron chi connectivity index (χ0n) is 17.2. The first-order valence-corrected chi connectivity index (χ1v) is 10.6. The lowest BCUT2D eigenvalue weighted by Gasteiger charge is -2.12. The third-order valence-corrected chi connectivity index (χ3v) is 6.16. The monoisotopic (exact) mass is 441 g/mol. The predicted molar refractivity (Wildman–Crippen MR) is 115 cm³/mol. The van der Waals surface area contributed by atoms with Crippen molar-refractivity contribution >= 4 is 27.5 Å². The van der Waals surface area contributed by atoms with Gasteiger partial charge in [-0.25, -0.2) is 9.37 Å². The number of fused-ring (bicyclic) bond motifs is 1. The van der Waals surface area contributed by atoms with Crippen LogP contribution in [0.3, 0.4) is 0 Å². The molecule has 160 valence electrons. The fraction of sp³-hybridized carbons (Fsp3) is 0.286. The highest BCUT2D eigenvalue weighted by atomic mass is 32.1. The first-order chi connectivity index (χ1) is 14.9. The van der Waals surface area contributed by atoms with Gasteiger partial charge in [0.25, 0.3) is 11.4 Å². The second-order valence-corrected chi connectivity index (χ2v) is 8.22. The van der Waals surface area contributed by atoms with E-state index in [4.69, 9.17) is 4.52 Å². The van der Waals surface area contributed by atoms with Gasteiger partial charge in [0.15, 0.2) is 0 Å². The van der Waals surface area contributed by atoms with E-state index in [2.05, 4.69) is 20.4 Å². The summed E-state index contributed by atoms with van der Waals surface area (Å²) in [7, 11) is 0. The van der Waals surface area contributed by atoms with Gasteiger partial charge in [-0.3, -0.25) is 14.2 Å². The maximum atomic E-state index is 13.1. The van der Waals surface area contributed by atoms with Crippen molar-refractivity contribution in [2.75, 3.05) is 0 Å². The minimum absolute atomic E-state index is 0.0298. The molecule has 4 rings (SSSR count). The standard InChI is InChI=1S/C21H20FN5O3S/c1-4-11(2)24-15(28)9-27-10-23-20-16(21(27)29)12(3)17(31-20)19-25-18(26-30-19)13-5-7-14(22)8-6-13/h5-8,10-11H,4,9H2,1-3H3,(H,24,28)/t11-/m1/s1. The molecule has 0 aliphatic rings. The molecule has 3 aromatic heterocycles. The van der Waals surface area contributed by atoms with E-state index in [-0.39, 0.29) is 35.8 Å². The molecule has 0 saturated heterocycles. The molecule has 0 spiro atoms. The normalized spacial score (nSPS) is 12.3. The summed E-state index contributed by atoms with van der Waals surface area (Å²) in [5.41, 5.74) is 0.967. The first kappa shape index (κ1) is 20.9. The fourth-order valence-corrected chi connectivity index (χ4v) is 4.15. The average molecular weight is 441 g/mol. The van der Waals surface area contributed by atoms with Crippen molar-refractivity contribution in [3.63, 3.8) is 0 Å². The second-order valence-electron chi connectivity index (χ2n) is 7.22. The van der Waals surface area contributed by atoms with E-state index in [0.29, 0.717) is 32.0 Å². The molecule has 0 aliphatic carbocycles. The topological polar surface area (TPSA) is 103 Å². The van der Waals surface area contributed by atoms with E-state index in [0.717, 1.165) is 6.42 Å². The molecule has 1 atom stereocenters. The number of carbonyl (C=O) groups is 1. The van der Waals surface area contributed by atoms with Crippen LogP contribution in [0.1, 0.15) is 25.8 Å². The molecular weight excluding hydrogens is 421 g/mol. The van der Waals surface area contributed by atoms with Crippen LogP contribution in [-0.2, 0) is 11.3 Å². The summed E-state index contributed by atoms with van der Waals surface area (Å²) in [4.78, 5) is 35.1. The highest BCUT2D eigenvalue weighted by Gasteiger charge is 2.21. The van der Waals surface area contributed by atoms with Gasteiger partial charge in [0, 0.05) is 11.6 Å². The van der Waals surface area contributed by atoms with Gasteiger partial charge >= 0.3 is 0 Å². The Morgan fingerprint density at radius 3 is 2.77 bits per heavy atom. The van der Waals surface area contributed by atoms with Gasteiger partial charge in [-0.1, -0.05) is 12.1 Å². The maximum absolute atomic E-state index is 13.1. The molecule has 3 heterocycles. The van der Waals surface area contributed by atoms with E-state index in [1.165, 1.54) is 34.4 Å². The lowest BCUT2D eigenvalue weighted by molar-refractivity contribution is -0.122. The zero-order chi connectivity index (χ0) is 22.1. The lowest BCUT2D eigenvalue weighted by atomic mass is 10.2. The molecule has 0 bridgehead atoms. The predicted octanol–water partition coefficient (Wildman–Crippen LogP) is 3.54. The first-order valence-electron chi connectivity index (χ1n) is 9.75. The highest BCUT2D eigenvalue weighted by Crippen LogP contribution is 2.35. The molecule has 0 saturated carbocycles. The van der Waals surface area contributed by atoms with Crippen LogP contribution >= 0.6 is 11.3 Å².